The number of aliphatic carboxylic acids is 1. The first kappa shape index (κ1) is 10.5. The molecule has 0 heterocycles. The first-order valence-electron chi connectivity index (χ1n) is 3.58. The molecular weight excluding hydrogens is 211 g/mol. The maximum Gasteiger partial charge on any atom is 0.368 e. The van der Waals surface area contributed by atoms with Crippen LogP contribution in [0.1, 0.15) is 0 Å². The van der Waals surface area contributed by atoms with Crippen LogP contribution in [0.25, 0.3) is 0 Å². The lowest BCUT2D eigenvalue weighted by molar-refractivity contribution is -0.129. The molecule has 6 heteroatoms. The van der Waals surface area contributed by atoms with E-state index in [1.165, 1.54) is 18.2 Å². The van der Waals surface area contributed by atoms with Crippen molar-refractivity contribution in [2.24, 2.45) is 5.10 Å². The smallest absolute Gasteiger partial charge is 0.368 e. The first-order chi connectivity index (χ1) is 6.61. The molecule has 0 bridgehead atoms. The first-order valence-corrected chi connectivity index (χ1v) is 3.96. The molecule has 0 saturated carbocycles. The molecular formula is C8H6ClFN2O2. The number of carbonyl (C=O) groups is 1. The molecule has 0 amide bonds. The molecule has 0 spiro atoms. The van der Waals surface area contributed by atoms with Gasteiger partial charge in [0.15, 0.2) is 0 Å². The van der Waals surface area contributed by atoms with E-state index in [1.807, 2.05) is 0 Å². The van der Waals surface area contributed by atoms with E-state index in [0.29, 0.717) is 0 Å². The zero-order valence-electron chi connectivity index (χ0n) is 6.87. The van der Waals surface area contributed by atoms with Crippen LogP contribution in [-0.2, 0) is 4.79 Å². The SMILES string of the molecule is O=C(O)/C(Cl)=N/Nc1ccccc1F. The molecule has 0 aromatic heterocycles. The predicted molar refractivity (Wildman–Crippen MR) is 50.9 cm³/mol. The largest absolute Gasteiger partial charge is 0.476 e. The zero-order valence-corrected chi connectivity index (χ0v) is 7.62. The second kappa shape index (κ2) is 4.57. The van der Waals surface area contributed by atoms with Crippen LogP contribution >= 0.6 is 11.6 Å². The summed E-state index contributed by atoms with van der Waals surface area (Å²) < 4.78 is 12.9. The highest BCUT2D eigenvalue weighted by Gasteiger charge is 2.05. The highest BCUT2D eigenvalue weighted by atomic mass is 35.5. The van der Waals surface area contributed by atoms with E-state index in [2.05, 4.69) is 10.5 Å². The number of carboxylic acids is 1. The number of halogens is 2. The van der Waals surface area contributed by atoms with Crippen molar-refractivity contribution in [3.8, 4) is 0 Å². The molecule has 1 aromatic carbocycles. The van der Waals surface area contributed by atoms with Crippen molar-refractivity contribution in [1.29, 1.82) is 0 Å². The monoisotopic (exact) mass is 216 g/mol. The fraction of sp³-hybridized carbons (Fsp3) is 0. The van der Waals surface area contributed by atoms with Crippen molar-refractivity contribution in [2.75, 3.05) is 5.43 Å². The van der Waals surface area contributed by atoms with E-state index in [1.54, 1.807) is 6.07 Å². The normalized spacial score (nSPS) is 11.1. The maximum atomic E-state index is 12.9. The summed E-state index contributed by atoms with van der Waals surface area (Å²) in [5.74, 6) is -1.92. The van der Waals surface area contributed by atoms with Gasteiger partial charge in [-0.25, -0.2) is 9.18 Å². The van der Waals surface area contributed by atoms with Crippen LogP contribution in [0.2, 0.25) is 0 Å². The van der Waals surface area contributed by atoms with Crippen LogP contribution < -0.4 is 5.43 Å². The molecule has 0 unspecified atom stereocenters. The molecule has 0 atom stereocenters. The van der Waals surface area contributed by atoms with Gasteiger partial charge in [-0.05, 0) is 12.1 Å². The number of hydrogen-bond acceptors (Lipinski definition) is 3. The van der Waals surface area contributed by atoms with Gasteiger partial charge in [-0.1, -0.05) is 23.7 Å². The lowest BCUT2D eigenvalue weighted by Gasteiger charge is -2.00. The van der Waals surface area contributed by atoms with Gasteiger partial charge in [0.2, 0.25) is 5.17 Å². The van der Waals surface area contributed by atoms with E-state index < -0.39 is 17.0 Å². The average Bonchev–Trinajstić information content (AvgIpc) is 2.16. The topological polar surface area (TPSA) is 61.7 Å². The van der Waals surface area contributed by atoms with Gasteiger partial charge in [-0.3, -0.25) is 5.43 Å². The van der Waals surface area contributed by atoms with E-state index in [-0.39, 0.29) is 5.69 Å². The van der Waals surface area contributed by atoms with Gasteiger partial charge < -0.3 is 5.11 Å². The number of benzene rings is 1. The molecule has 1 aromatic rings. The number of rotatable bonds is 3. The fourth-order valence-electron chi connectivity index (χ4n) is 0.709. The summed E-state index contributed by atoms with van der Waals surface area (Å²) in [4.78, 5) is 10.2. The van der Waals surface area contributed by atoms with Crippen molar-refractivity contribution < 1.29 is 14.3 Å². The van der Waals surface area contributed by atoms with Gasteiger partial charge in [0.05, 0.1) is 5.69 Å². The standard InChI is InChI=1S/C8H6ClFN2O2/c9-7(8(13)14)12-11-6-4-2-1-3-5(6)10/h1-4,11H,(H,13,14)/b12-7-. The quantitative estimate of drug-likeness (QED) is 0.599. The number of nitrogens with zero attached hydrogens (tertiary/aromatic N) is 1. The highest BCUT2D eigenvalue weighted by molar-refractivity contribution is 6.81. The third-order valence-electron chi connectivity index (χ3n) is 1.32. The van der Waals surface area contributed by atoms with Crippen LogP contribution in [0.4, 0.5) is 10.1 Å². The Labute approximate surface area is 84.0 Å². The molecule has 0 aliphatic rings. The summed E-state index contributed by atoms with van der Waals surface area (Å²) in [5, 5.41) is 10.9. The van der Waals surface area contributed by atoms with Gasteiger partial charge in [0, 0.05) is 0 Å². The van der Waals surface area contributed by atoms with Crippen molar-refractivity contribution in [1.82, 2.24) is 0 Å². The molecule has 1 rings (SSSR count). The summed E-state index contributed by atoms with van der Waals surface area (Å²) in [6.45, 7) is 0. The Hall–Kier alpha value is -1.62. The lowest BCUT2D eigenvalue weighted by atomic mass is 10.3. The molecule has 0 aliphatic heterocycles. The number of anilines is 1. The van der Waals surface area contributed by atoms with Gasteiger partial charge in [-0.2, -0.15) is 5.10 Å². The van der Waals surface area contributed by atoms with Crippen LogP contribution in [0, 0.1) is 5.82 Å². The maximum absolute atomic E-state index is 12.9. The molecule has 4 nitrogen and oxygen atoms in total. The predicted octanol–water partition coefficient (Wildman–Crippen LogP) is 1.87. The second-order valence-electron chi connectivity index (χ2n) is 2.30. The van der Waals surface area contributed by atoms with E-state index in [4.69, 9.17) is 16.7 Å². The van der Waals surface area contributed by atoms with E-state index in [9.17, 15) is 9.18 Å². The van der Waals surface area contributed by atoms with Crippen molar-refractivity contribution in [2.45, 2.75) is 0 Å². The van der Waals surface area contributed by atoms with Crippen LogP contribution in [0.3, 0.4) is 0 Å². The Morgan fingerprint density at radius 1 is 1.50 bits per heavy atom. The Morgan fingerprint density at radius 3 is 2.71 bits per heavy atom. The molecule has 0 radical (unpaired) electrons. The number of para-hydroxylation sites is 1. The summed E-state index contributed by atoms with van der Waals surface area (Å²) in [5.41, 5.74) is 2.26. The minimum atomic E-state index is -1.38. The average molecular weight is 217 g/mol. The summed E-state index contributed by atoms with van der Waals surface area (Å²) in [7, 11) is 0. The summed E-state index contributed by atoms with van der Waals surface area (Å²) in [6, 6.07) is 5.70. The van der Waals surface area contributed by atoms with Crippen molar-refractivity contribution >= 4 is 28.4 Å². The van der Waals surface area contributed by atoms with Crippen molar-refractivity contribution in [3.05, 3.63) is 30.1 Å². The minimum absolute atomic E-state index is 0.0619. The van der Waals surface area contributed by atoms with Gasteiger partial charge >= 0.3 is 5.97 Å². The molecule has 2 N–H and O–H groups in total. The lowest BCUT2D eigenvalue weighted by Crippen LogP contribution is -2.07. The van der Waals surface area contributed by atoms with E-state index >= 15 is 0 Å². The number of hydrogen-bond donors (Lipinski definition) is 2. The molecule has 0 aliphatic carbocycles. The van der Waals surface area contributed by atoms with Crippen molar-refractivity contribution in [3.63, 3.8) is 0 Å². The van der Waals surface area contributed by atoms with Gasteiger partial charge in [0.25, 0.3) is 0 Å². The third-order valence-corrected chi connectivity index (χ3v) is 1.57. The Kier molecular flexibility index (Phi) is 3.41. The van der Waals surface area contributed by atoms with E-state index in [0.717, 1.165) is 0 Å². The van der Waals surface area contributed by atoms with Crippen LogP contribution in [0.15, 0.2) is 29.4 Å². The van der Waals surface area contributed by atoms with Gasteiger partial charge in [-0.15, -0.1) is 0 Å². The minimum Gasteiger partial charge on any atom is -0.476 e. The fourth-order valence-corrected chi connectivity index (χ4v) is 0.751. The molecule has 0 fully saturated rings. The van der Waals surface area contributed by atoms with Crippen LogP contribution in [0.5, 0.6) is 0 Å². The molecule has 0 saturated heterocycles. The number of hydrazone groups is 1. The molecule has 14 heavy (non-hydrogen) atoms. The highest BCUT2D eigenvalue weighted by Crippen LogP contribution is 2.12. The second-order valence-corrected chi connectivity index (χ2v) is 2.66. The molecule has 74 valence electrons. The number of nitrogens with one attached hydrogen (secondary N) is 1. The Bertz CT molecular complexity index is 381. The summed E-state index contributed by atoms with van der Waals surface area (Å²) >= 11 is 5.18. The third kappa shape index (κ3) is 2.70. The van der Waals surface area contributed by atoms with Gasteiger partial charge in [0.1, 0.15) is 5.82 Å². The Balaban J connectivity index is 2.76. The number of carboxylic acid groups (broad SMARTS) is 1. The van der Waals surface area contributed by atoms with Crippen LogP contribution in [-0.4, -0.2) is 16.2 Å². The Morgan fingerprint density at radius 2 is 2.14 bits per heavy atom. The summed E-state index contributed by atoms with van der Waals surface area (Å²) in [6.07, 6.45) is 0. The zero-order chi connectivity index (χ0) is 10.6.